The Balaban J connectivity index is 0.00000256. The highest BCUT2D eigenvalue weighted by Crippen LogP contribution is 2.14. The van der Waals surface area contributed by atoms with E-state index in [2.05, 4.69) is 4.72 Å². The Labute approximate surface area is 110 Å². The van der Waals surface area contributed by atoms with Crippen LogP contribution in [0.3, 0.4) is 0 Å². The third-order valence-corrected chi connectivity index (χ3v) is 3.82. The number of halogens is 1. The minimum absolute atomic E-state index is 0. The molecule has 5 nitrogen and oxygen atoms in total. The molecular weight excluding hydrogens is 264 g/mol. The molecule has 1 unspecified atom stereocenters. The first-order valence-corrected chi connectivity index (χ1v) is 7.32. The summed E-state index contributed by atoms with van der Waals surface area (Å²) >= 11 is 0. The van der Waals surface area contributed by atoms with Crippen LogP contribution in [0.2, 0.25) is 0 Å². The summed E-state index contributed by atoms with van der Waals surface area (Å²) in [7, 11) is -3.27. The molecule has 1 rings (SSSR count). The van der Waals surface area contributed by atoms with E-state index in [9.17, 15) is 8.42 Å². The van der Waals surface area contributed by atoms with E-state index in [1.54, 1.807) is 13.8 Å². The molecule has 0 aromatic carbocycles. The van der Waals surface area contributed by atoms with Gasteiger partial charge in [0, 0.05) is 18.7 Å². The van der Waals surface area contributed by atoms with Gasteiger partial charge in [0.1, 0.15) is 0 Å². The molecule has 0 saturated carbocycles. The Morgan fingerprint density at radius 1 is 1.41 bits per heavy atom. The zero-order valence-electron chi connectivity index (χ0n) is 10.4. The Morgan fingerprint density at radius 2 is 2.06 bits per heavy atom. The predicted molar refractivity (Wildman–Crippen MR) is 70.9 cm³/mol. The van der Waals surface area contributed by atoms with E-state index in [4.69, 9.17) is 10.5 Å². The van der Waals surface area contributed by atoms with E-state index >= 15 is 0 Å². The van der Waals surface area contributed by atoms with Gasteiger partial charge in [-0.25, -0.2) is 13.1 Å². The van der Waals surface area contributed by atoms with Crippen molar-refractivity contribution >= 4 is 22.4 Å². The highest BCUT2D eigenvalue weighted by molar-refractivity contribution is 7.89. The van der Waals surface area contributed by atoms with Gasteiger partial charge in [-0.05, 0) is 33.1 Å². The van der Waals surface area contributed by atoms with Gasteiger partial charge in [-0.3, -0.25) is 0 Å². The molecule has 0 spiro atoms. The van der Waals surface area contributed by atoms with E-state index < -0.39 is 15.6 Å². The van der Waals surface area contributed by atoms with Gasteiger partial charge in [-0.2, -0.15) is 0 Å². The number of nitrogens with one attached hydrogen (secondary N) is 1. The lowest BCUT2D eigenvalue weighted by molar-refractivity contribution is 0.0304. The average Bonchev–Trinajstić information content (AvgIpc) is 2.15. The fraction of sp³-hybridized carbons (Fsp3) is 1.00. The maximum Gasteiger partial charge on any atom is 0.214 e. The molecule has 1 saturated heterocycles. The third kappa shape index (κ3) is 7.94. The normalized spacial score (nSPS) is 21.9. The maximum atomic E-state index is 11.7. The molecule has 0 aliphatic carbocycles. The van der Waals surface area contributed by atoms with E-state index in [1.807, 2.05) is 0 Å². The zero-order chi connectivity index (χ0) is 12.2. The highest BCUT2D eigenvalue weighted by Gasteiger charge is 2.23. The van der Waals surface area contributed by atoms with Crippen molar-refractivity contribution < 1.29 is 13.2 Å². The summed E-state index contributed by atoms with van der Waals surface area (Å²) in [5, 5.41) is 0. The lowest BCUT2D eigenvalue weighted by Crippen LogP contribution is -2.46. The van der Waals surface area contributed by atoms with Crippen LogP contribution < -0.4 is 10.5 Å². The summed E-state index contributed by atoms with van der Waals surface area (Å²) in [6.07, 6.45) is 2.74. The molecule has 1 heterocycles. The van der Waals surface area contributed by atoms with Gasteiger partial charge in [-0.15, -0.1) is 12.4 Å². The number of hydrogen-bond acceptors (Lipinski definition) is 4. The van der Waals surface area contributed by atoms with Crippen molar-refractivity contribution in [3.8, 4) is 0 Å². The van der Waals surface area contributed by atoms with E-state index in [0.717, 1.165) is 19.3 Å². The first kappa shape index (κ1) is 17.1. The van der Waals surface area contributed by atoms with Crippen LogP contribution in [0.15, 0.2) is 0 Å². The van der Waals surface area contributed by atoms with Crippen LogP contribution in [0.5, 0.6) is 0 Å². The first-order chi connectivity index (χ1) is 7.29. The van der Waals surface area contributed by atoms with Crippen LogP contribution in [0.4, 0.5) is 0 Å². The summed E-state index contributed by atoms with van der Waals surface area (Å²) in [4.78, 5) is 0. The Kier molecular flexibility index (Phi) is 6.94. The van der Waals surface area contributed by atoms with Gasteiger partial charge >= 0.3 is 0 Å². The van der Waals surface area contributed by atoms with Crippen molar-refractivity contribution in [2.45, 2.75) is 44.8 Å². The number of nitrogens with two attached hydrogens (primary N) is 1. The van der Waals surface area contributed by atoms with Gasteiger partial charge in [0.2, 0.25) is 10.0 Å². The molecule has 104 valence electrons. The molecule has 0 bridgehead atoms. The molecule has 3 N–H and O–H groups in total. The quantitative estimate of drug-likeness (QED) is 0.777. The standard InChI is InChI=1S/C10H22N2O3S.ClH/c1-10(2,11)8-12-16(13,14)7-9-5-3-4-6-15-9;/h9,12H,3-8,11H2,1-2H3;1H. The van der Waals surface area contributed by atoms with Crippen molar-refractivity contribution in [1.82, 2.24) is 4.72 Å². The van der Waals surface area contributed by atoms with Gasteiger partial charge < -0.3 is 10.5 Å². The predicted octanol–water partition coefficient (Wildman–Crippen LogP) is 0.634. The van der Waals surface area contributed by atoms with Gasteiger partial charge in [0.25, 0.3) is 0 Å². The topological polar surface area (TPSA) is 81.4 Å². The Hall–Kier alpha value is 0.120. The van der Waals surface area contributed by atoms with E-state index in [1.165, 1.54) is 0 Å². The molecule has 1 fully saturated rings. The second-order valence-corrected chi connectivity index (χ2v) is 6.93. The van der Waals surface area contributed by atoms with Gasteiger partial charge in [-0.1, -0.05) is 0 Å². The highest BCUT2D eigenvalue weighted by atomic mass is 35.5. The molecule has 1 aliphatic rings. The van der Waals surface area contributed by atoms with Crippen LogP contribution in [0.1, 0.15) is 33.1 Å². The van der Waals surface area contributed by atoms with Crippen molar-refractivity contribution in [3.63, 3.8) is 0 Å². The molecule has 0 aromatic rings. The lowest BCUT2D eigenvalue weighted by Gasteiger charge is -2.24. The van der Waals surface area contributed by atoms with Crippen LogP contribution in [0, 0.1) is 0 Å². The third-order valence-electron chi connectivity index (χ3n) is 2.43. The molecule has 1 atom stereocenters. The molecule has 17 heavy (non-hydrogen) atoms. The smallest absolute Gasteiger partial charge is 0.214 e. The summed E-state index contributed by atoms with van der Waals surface area (Å²) in [6, 6.07) is 0. The monoisotopic (exact) mass is 286 g/mol. The molecule has 0 radical (unpaired) electrons. The zero-order valence-corrected chi connectivity index (χ0v) is 12.1. The Morgan fingerprint density at radius 3 is 2.53 bits per heavy atom. The van der Waals surface area contributed by atoms with Crippen LogP contribution in [0.25, 0.3) is 0 Å². The second-order valence-electron chi connectivity index (χ2n) is 5.08. The van der Waals surface area contributed by atoms with Crippen molar-refractivity contribution in [2.75, 3.05) is 18.9 Å². The van der Waals surface area contributed by atoms with Crippen molar-refractivity contribution in [1.29, 1.82) is 0 Å². The van der Waals surface area contributed by atoms with E-state index in [0.29, 0.717) is 6.61 Å². The minimum Gasteiger partial charge on any atom is -0.377 e. The molecule has 0 aromatic heterocycles. The molecular formula is C10H23ClN2O3S. The molecule has 0 amide bonds. The summed E-state index contributed by atoms with van der Waals surface area (Å²) in [5.41, 5.74) is 5.19. The Bertz CT molecular complexity index is 308. The van der Waals surface area contributed by atoms with E-state index in [-0.39, 0.29) is 30.8 Å². The lowest BCUT2D eigenvalue weighted by atomic mass is 10.1. The van der Waals surface area contributed by atoms with Crippen LogP contribution in [-0.4, -0.2) is 39.0 Å². The fourth-order valence-corrected chi connectivity index (χ4v) is 3.00. The molecule has 1 aliphatic heterocycles. The SMILES string of the molecule is CC(C)(N)CNS(=O)(=O)CC1CCCCO1.Cl. The molecule has 7 heteroatoms. The second kappa shape index (κ2) is 6.89. The maximum absolute atomic E-state index is 11.7. The van der Waals surface area contributed by atoms with Crippen molar-refractivity contribution in [2.24, 2.45) is 5.73 Å². The average molecular weight is 287 g/mol. The van der Waals surface area contributed by atoms with Gasteiger partial charge in [0.05, 0.1) is 11.9 Å². The van der Waals surface area contributed by atoms with Crippen LogP contribution in [-0.2, 0) is 14.8 Å². The number of hydrogen-bond donors (Lipinski definition) is 2. The summed E-state index contributed by atoms with van der Waals surface area (Å²) in [6.45, 7) is 4.49. The number of sulfonamides is 1. The van der Waals surface area contributed by atoms with Gasteiger partial charge in [0.15, 0.2) is 0 Å². The van der Waals surface area contributed by atoms with Crippen LogP contribution >= 0.6 is 12.4 Å². The fourth-order valence-electron chi connectivity index (χ4n) is 1.54. The number of ether oxygens (including phenoxy) is 1. The number of rotatable bonds is 5. The summed E-state index contributed by atoms with van der Waals surface area (Å²) in [5.74, 6) is 0.0447. The largest absolute Gasteiger partial charge is 0.377 e. The van der Waals surface area contributed by atoms with Crippen molar-refractivity contribution in [3.05, 3.63) is 0 Å². The first-order valence-electron chi connectivity index (χ1n) is 5.66. The summed E-state index contributed by atoms with van der Waals surface area (Å²) < 4.78 is 31.3. The minimum atomic E-state index is -3.27.